The van der Waals surface area contributed by atoms with Gasteiger partial charge in [0.1, 0.15) is 0 Å². The van der Waals surface area contributed by atoms with E-state index in [0.717, 1.165) is 0 Å². The Morgan fingerprint density at radius 3 is 0.393 bits per heavy atom. The zero-order chi connectivity index (χ0) is 19.4. The number of hydrogen-bond donors (Lipinski definition) is 0. The Hall–Kier alpha value is -1.24. The Morgan fingerprint density at radius 1 is 0.321 bits per heavy atom. The van der Waals surface area contributed by atoms with Gasteiger partial charge in [-0.2, -0.15) is 0 Å². The summed E-state index contributed by atoms with van der Waals surface area (Å²) in [6.45, 7) is 12.2. The van der Waals surface area contributed by atoms with Crippen molar-refractivity contribution in [1.29, 1.82) is 0 Å². The molecular formula is C27H44Y-2. The second-order valence-corrected chi connectivity index (χ2v) is 4.17. The molecule has 0 atom stereocenters. The maximum Gasteiger partial charge on any atom is 0 e. The Bertz CT molecular complexity index is 311. The van der Waals surface area contributed by atoms with Crippen LogP contribution in [0.4, 0.5) is 0 Å². The first-order valence-electron chi connectivity index (χ1n) is 9.41. The van der Waals surface area contributed by atoms with Crippen molar-refractivity contribution in [1.82, 2.24) is 0 Å². The SMILES string of the molecule is CC.CC.CCC.[CH3-].[CH3-].[Y].c1ccccc1.c1ccccc1.c1ccccc1. The summed E-state index contributed by atoms with van der Waals surface area (Å²) in [5, 5.41) is 0. The van der Waals surface area contributed by atoms with E-state index < -0.39 is 0 Å². The molecule has 0 spiro atoms. The van der Waals surface area contributed by atoms with Gasteiger partial charge < -0.3 is 14.9 Å². The van der Waals surface area contributed by atoms with Gasteiger partial charge >= 0.3 is 0 Å². The number of benzene rings is 3. The molecule has 1 radical (unpaired) electrons. The quantitative estimate of drug-likeness (QED) is 0.295. The Kier molecular flexibility index (Phi) is 73.7. The van der Waals surface area contributed by atoms with Crippen LogP contribution in [-0.4, -0.2) is 0 Å². The van der Waals surface area contributed by atoms with Gasteiger partial charge in [-0.05, 0) is 0 Å². The number of hydrogen-bond acceptors (Lipinski definition) is 0. The van der Waals surface area contributed by atoms with Crippen LogP contribution in [0.2, 0.25) is 0 Å². The Balaban J connectivity index is -0.0000000536. The molecule has 0 saturated heterocycles. The second kappa shape index (κ2) is 50.1. The summed E-state index contributed by atoms with van der Waals surface area (Å²) >= 11 is 0. The Labute approximate surface area is 203 Å². The molecule has 0 unspecified atom stereocenters. The molecule has 0 heterocycles. The topological polar surface area (TPSA) is 0 Å². The molecule has 0 fully saturated rings. The van der Waals surface area contributed by atoms with E-state index in [9.17, 15) is 0 Å². The van der Waals surface area contributed by atoms with Gasteiger partial charge in [0.05, 0.1) is 0 Å². The molecular weight excluding hydrogens is 413 g/mol. The maximum absolute atomic E-state index is 2.12. The minimum Gasteiger partial charge on any atom is -0.358 e. The van der Waals surface area contributed by atoms with Crippen LogP contribution in [0.1, 0.15) is 48.0 Å². The standard InChI is InChI=1S/3C6H6.C3H8.2C2H6.2CH3.Y/c3*1-2-4-6-5-3-1;1-3-2;2*1-2;;;/h3*1-6H;3H2,1-2H3;2*1-2H3;2*1H3;/q;;;;;;2*-1;. The summed E-state index contributed by atoms with van der Waals surface area (Å²) in [6, 6.07) is 36.0. The third-order valence-corrected chi connectivity index (χ3v) is 2.00. The normalized spacial score (nSPS) is 6.21. The van der Waals surface area contributed by atoms with Crippen molar-refractivity contribution in [3.05, 3.63) is 124 Å². The van der Waals surface area contributed by atoms with Crippen molar-refractivity contribution in [2.45, 2.75) is 48.0 Å². The molecule has 0 aliphatic carbocycles. The minimum atomic E-state index is 0. The predicted octanol–water partition coefficient (Wildman–Crippen LogP) is 9.43. The minimum absolute atomic E-state index is 0. The van der Waals surface area contributed by atoms with E-state index in [4.69, 9.17) is 0 Å². The van der Waals surface area contributed by atoms with Crippen LogP contribution in [0, 0.1) is 14.9 Å². The van der Waals surface area contributed by atoms with Crippen LogP contribution >= 0.6 is 0 Å². The van der Waals surface area contributed by atoms with Gasteiger partial charge in [0.25, 0.3) is 0 Å². The fourth-order valence-corrected chi connectivity index (χ4v) is 1.15. The van der Waals surface area contributed by atoms with E-state index in [1.54, 1.807) is 0 Å². The fourth-order valence-electron chi connectivity index (χ4n) is 1.15. The summed E-state index contributed by atoms with van der Waals surface area (Å²) in [4.78, 5) is 0. The number of rotatable bonds is 0. The molecule has 0 aliphatic heterocycles. The van der Waals surface area contributed by atoms with Crippen LogP contribution in [0.15, 0.2) is 109 Å². The van der Waals surface area contributed by atoms with Gasteiger partial charge in [0, 0.05) is 32.7 Å². The summed E-state index contributed by atoms with van der Waals surface area (Å²) < 4.78 is 0. The second-order valence-electron chi connectivity index (χ2n) is 4.17. The molecule has 157 valence electrons. The van der Waals surface area contributed by atoms with Crippen molar-refractivity contribution in [2.24, 2.45) is 0 Å². The van der Waals surface area contributed by atoms with Crippen molar-refractivity contribution < 1.29 is 32.7 Å². The summed E-state index contributed by atoms with van der Waals surface area (Å²) in [6.07, 6.45) is 1.25. The van der Waals surface area contributed by atoms with Crippen LogP contribution in [0.3, 0.4) is 0 Å². The summed E-state index contributed by atoms with van der Waals surface area (Å²) in [5.41, 5.74) is 0. The van der Waals surface area contributed by atoms with Gasteiger partial charge in [-0.1, -0.05) is 157 Å². The zero-order valence-corrected chi connectivity index (χ0v) is 22.5. The van der Waals surface area contributed by atoms with Crippen molar-refractivity contribution in [3.63, 3.8) is 0 Å². The van der Waals surface area contributed by atoms with Crippen LogP contribution in [0.5, 0.6) is 0 Å². The Morgan fingerprint density at radius 2 is 0.357 bits per heavy atom. The molecule has 0 saturated carbocycles. The van der Waals surface area contributed by atoms with E-state index in [2.05, 4.69) is 13.8 Å². The molecule has 0 aliphatic rings. The van der Waals surface area contributed by atoms with Crippen LogP contribution < -0.4 is 0 Å². The van der Waals surface area contributed by atoms with Crippen LogP contribution in [-0.2, 0) is 32.7 Å². The molecule has 0 N–H and O–H groups in total. The van der Waals surface area contributed by atoms with Gasteiger partial charge in [-0.3, -0.25) is 0 Å². The first kappa shape index (κ1) is 41.2. The predicted molar refractivity (Wildman–Crippen MR) is 131 cm³/mol. The van der Waals surface area contributed by atoms with E-state index in [0.29, 0.717) is 0 Å². The van der Waals surface area contributed by atoms with Crippen molar-refractivity contribution in [3.8, 4) is 0 Å². The third-order valence-electron chi connectivity index (χ3n) is 2.00. The van der Waals surface area contributed by atoms with E-state index in [1.807, 2.05) is 137 Å². The summed E-state index contributed by atoms with van der Waals surface area (Å²) in [7, 11) is 0. The van der Waals surface area contributed by atoms with Gasteiger partial charge in [-0.15, -0.1) is 0 Å². The smallest absolute Gasteiger partial charge is 0 e. The van der Waals surface area contributed by atoms with E-state index in [-0.39, 0.29) is 47.6 Å². The van der Waals surface area contributed by atoms with Crippen molar-refractivity contribution >= 4 is 0 Å². The van der Waals surface area contributed by atoms with Gasteiger partial charge in [0.2, 0.25) is 0 Å². The van der Waals surface area contributed by atoms with Crippen molar-refractivity contribution in [2.75, 3.05) is 0 Å². The van der Waals surface area contributed by atoms with Gasteiger partial charge in [0.15, 0.2) is 0 Å². The molecule has 3 aromatic rings. The monoisotopic (exact) mass is 457 g/mol. The molecule has 0 amide bonds. The molecule has 28 heavy (non-hydrogen) atoms. The molecule has 0 nitrogen and oxygen atoms in total. The zero-order valence-electron chi connectivity index (χ0n) is 19.7. The van der Waals surface area contributed by atoms with Gasteiger partial charge in [-0.25, -0.2) is 0 Å². The molecule has 0 bridgehead atoms. The average Bonchev–Trinajstić information content (AvgIpc) is 2.76. The molecule has 1 heteroatoms. The largest absolute Gasteiger partial charge is 0.358 e. The third kappa shape index (κ3) is 49.8. The van der Waals surface area contributed by atoms with E-state index >= 15 is 0 Å². The molecule has 0 aromatic heterocycles. The maximum atomic E-state index is 2.12. The average molecular weight is 458 g/mol. The fraction of sp³-hybridized carbons (Fsp3) is 0.259. The van der Waals surface area contributed by atoms with Crippen LogP contribution in [0.25, 0.3) is 0 Å². The first-order chi connectivity index (χ1) is 12.4. The van der Waals surface area contributed by atoms with E-state index in [1.165, 1.54) is 6.42 Å². The first-order valence-corrected chi connectivity index (χ1v) is 9.41. The molecule has 3 rings (SSSR count). The molecule has 3 aromatic carbocycles. The summed E-state index contributed by atoms with van der Waals surface area (Å²) in [5.74, 6) is 0.